The van der Waals surface area contributed by atoms with E-state index in [1.807, 2.05) is 32.9 Å². The van der Waals surface area contributed by atoms with Gasteiger partial charge in [0.25, 0.3) is 0 Å². The molecular formula is C24H29N3O6S. The molecular weight excluding hydrogens is 458 g/mol. The maximum Gasteiger partial charge on any atom is 0.407 e. The van der Waals surface area contributed by atoms with Crippen LogP contribution in [0.25, 0.3) is 10.1 Å². The van der Waals surface area contributed by atoms with E-state index < -0.39 is 30.3 Å². The van der Waals surface area contributed by atoms with Crippen LogP contribution in [0.4, 0.5) is 9.80 Å². The van der Waals surface area contributed by atoms with Crippen LogP contribution in [-0.2, 0) is 9.53 Å². The molecule has 0 aliphatic heterocycles. The number of ether oxygens (including phenoxy) is 2. The van der Waals surface area contributed by atoms with Gasteiger partial charge in [-0.3, -0.25) is 9.78 Å². The smallest absolute Gasteiger partial charge is 0.407 e. The van der Waals surface area contributed by atoms with E-state index in [9.17, 15) is 14.7 Å². The highest BCUT2D eigenvalue weighted by Crippen LogP contribution is 2.30. The Labute approximate surface area is 201 Å². The van der Waals surface area contributed by atoms with Gasteiger partial charge in [-0.1, -0.05) is 12.1 Å². The van der Waals surface area contributed by atoms with Crippen molar-refractivity contribution in [1.29, 1.82) is 0 Å². The van der Waals surface area contributed by atoms with E-state index in [1.165, 1.54) is 11.3 Å². The van der Waals surface area contributed by atoms with Crippen LogP contribution in [0.3, 0.4) is 0 Å². The lowest BCUT2D eigenvalue weighted by molar-refractivity contribution is -0.118. The molecule has 2 heterocycles. The van der Waals surface area contributed by atoms with E-state index in [0.717, 1.165) is 10.1 Å². The maximum absolute atomic E-state index is 13.2. The predicted molar refractivity (Wildman–Crippen MR) is 130 cm³/mol. The van der Waals surface area contributed by atoms with Gasteiger partial charge in [-0.25, -0.2) is 4.79 Å². The van der Waals surface area contributed by atoms with Crippen LogP contribution in [-0.4, -0.2) is 58.7 Å². The number of amides is 2. The largest absolute Gasteiger partial charge is 0.491 e. The molecule has 10 heteroatoms. The number of fused-ring (bicyclic) bond motifs is 1. The fourth-order valence-corrected chi connectivity index (χ4v) is 3.95. The van der Waals surface area contributed by atoms with Gasteiger partial charge in [0, 0.05) is 17.9 Å². The number of hydrogen-bond donors (Lipinski definition) is 4. The first-order valence-corrected chi connectivity index (χ1v) is 11.6. The van der Waals surface area contributed by atoms with Gasteiger partial charge in [0.15, 0.2) is 0 Å². The number of thiophene rings is 1. The standard InChI is InChI=1S/C24H29N3O6S/c1-24(2,3)27-23(31)33-14-19(15-4-6-18(7-5-15)32-13-17(29)12-28)22(30)26-21-10-16-8-9-25-11-20(16)34-21/h4-11,17,19,28-29H,12-14H2,1-3H3,(H,26,30)(H,27,31). The van der Waals surface area contributed by atoms with Crippen molar-refractivity contribution in [3.63, 3.8) is 0 Å². The number of pyridine rings is 1. The van der Waals surface area contributed by atoms with Crippen molar-refractivity contribution in [2.24, 2.45) is 0 Å². The van der Waals surface area contributed by atoms with Gasteiger partial charge in [0.1, 0.15) is 25.1 Å². The molecule has 1 aromatic carbocycles. The van der Waals surface area contributed by atoms with Crippen LogP contribution in [0, 0.1) is 0 Å². The lowest BCUT2D eigenvalue weighted by Gasteiger charge is -2.22. The quantitative estimate of drug-likeness (QED) is 0.364. The minimum atomic E-state index is -0.982. The zero-order valence-corrected chi connectivity index (χ0v) is 20.1. The molecule has 0 radical (unpaired) electrons. The number of carbonyl (C=O) groups excluding carboxylic acids is 2. The number of aliphatic hydroxyl groups excluding tert-OH is 2. The van der Waals surface area contributed by atoms with Gasteiger partial charge in [-0.05, 0) is 56.0 Å². The fraction of sp³-hybridized carbons (Fsp3) is 0.375. The van der Waals surface area contributed by atoms with Gasteiger partial charge in [0.2, 0.25) is 5.91 Å². The molecule has 9 nitrogen and oxygen atoms in total. The topological polar surface area (TPSA) is 130 Å². The number of rotatable bonds is 9. The predicted octanol–water partition coefficient (Wildman–Crippen LogP) is 3.28. The van der Waals surface area contributed by atoms with Crippen LogP contribution in [0.15, 0.2) is 48.8 Å². The molecule has 0 saturated heterocycles. The summed E-state index contributed by atoms with van der Waals surface area (Å²) in [5.74, 6) is -0.627. The SMILES string of the molecule is CC(C)(C)NC(=O)OCC(C(=O)Nc1cc2ccncc2s1)c1ccc(OCC(O)CO)cc1. The second kappa shape index (κ2) is 11.3. The lowest BCUT2D eigenvalue weighted by Crippen LogP contribution is -2.41. The van der Waals surface area contributed by atoms with Crippen LogP contribution in [0.2, 0.25) is 0 Å². The third-order valence-electron chi connectivity index (χ3n) is 4.68. The molecule has 3 aromatic rings. The summed E-state index contributed by atoms with van der Waals surface area (Å²) in [6, 6.07) is 10.4. The molecule has 0 fully saturated rings. The molecule has 4 N–H and O–H groups in total. The number of nitrogens with zero attached hydrogens (tertiary/aromatic N) is 1. The average molecular weight is 488 g/mol. The van der Waals surface area contributed by atoms with Crippen molar-refractivity contribution >= 4 is 38.4 Å². The highest BCUT2D eigenvalue weighted by atomic mass is 32.1. The van der Waals surface area contributed by atoms with Gasteiger partial charge >= 0.3 is 6.09 Å². The molecule has 3 rings (SSSR count). The van der Waals surface area contributed by atoms with E-state index in [4.69, 9.17) is 14.6 Å². The summed E-state index contributed by atoms with van der Waals surface area (Å²) < 4.78 is 11.7. The first kappa shape index (κ1) is 25.4. The van der Waals surface area contributed by atoms with Crippen molar-refractivity contribution in [2.45, 2.75) is 38.3 Å². The van der Waals surface area contributed by atoms with Crippen molar-refractivity contribution in [3.05, 3.63) is 54.4 Å². The number of anilines is 1. The third-order valence-corrected chi connectivity index (χ3v) is 5.68. The molecule has 2 atom stereocenters. The Bertz CT molecular complexity index is 1080. The van der Waals surface area contributed by atoms with Gasteiger partial charge in [-0.15, -0.1) is 11.3 Å². The molecule has 2 amide bonds. The first-order valence-electron chi connectivity index (χ1n) is 10.8. The summed E-state index contributed by atoms with van der Waals surface area (Å²) in [6.45, 7) is 4.88. The Hall–Kier alpha value is -3.21. The van der Waals surface area contributed by atoms with Crippen LogP contribution in [0.1, 0.15) is 32.3 Å². The summed E-state index contributed by atoms with van der Waals surface area (Å²) in [5, 5.41) is 25.6. The molecule has 0 bridgehead atoms. The average Bonchev–Trinajstić information content (AvgIpc) is 3.19. The number of alkyl carbamates (subject to hydrolysis) is 1. The van der Waals surface area contributed by atoms with Gasteiger partial charge < -0.3 is 30.3 Å². The maximum atomic E-state index is 13.2. The van der Waals surface area contributed by atoms with Crippen LogP contribution < -0.4 is 15.4 Å². The zero-order chi connectivity index (χ0) is 24.7. The number of aliphatic hydroxyl groups is 2. The fourth-order valence-electron chi connectivity index (χ4n) is 3.02. The Morgan fingerprint density at radius 3 is 2.53 bits per heavy atom. The Morgan fingerprint density at radius 2 is 1.88 bits per heavy atom. The summed E-state index contributed by atoms with van der Waals surface area (Å²) >= 11 is 1.41. The van der Waals surface area contributed by atoms with E-state index >= 15 is 0 Å². The molecule has 182 valence electrons. The Kier molecular flexibility index (Phi) is 8.43. The second-order valence-corrected chi connectivity index (χ2v) is 9.84. The molecule has 2 unspecified atom stereocenters. The van der Waals surface area contributed by atoms with Crippen molar-refractivity contribution < 1.29 is 29.3 Å². The Morgan fingerprint density at radius 1 is 1.15 bits per heavy atom. The lowest BCUT2D eigenvalue weighted by atomic mass is 9.99. The molecule has 0 spiro atoms. The summed E-state index contributed by atoms with van der Waals surface area (Å²) in [5.41, 5.74) is 0.150. The third kappa shape index (κ3) is 7.41. The first-order chi connectivity index (χ1) is 16.1. The number of benzene rings is 1. The normalized spacial score (nSPS) is 13.2. The van der Waals surface area contributed by atoms with Gasteiger partial charge in [-0.2, -0.15) is 0 Å². The highest BCUT2D eigenvalue weighted by Gasteiger charge is 2.25. The number of carbonyl (C=O) groups is 2. The molecule has 0 saturated carbocycles. The summed E-state index contributed by atoms with van der Waals surface area (Å²) in [4.78, 5) is 29.5. The van der Waals surface area contributed by atoms with Crippen molar-refractivity contribution in [1.82, 2.24) is 10.3 Å². The summed E-state index contributed by atoms with van der Waals surface area (Å²) in [6.07, 6.45) is 1.83. The van der Waals surface area contributed by atoms with Gasteiger partial charge in [0.05, 0.1) is 22.2 Å². The second-order valence-electron chi connectivity index (χ2n) is 8.76. The van der Waals surface area contributed by atoms with Crippen LogP contribution in [0.5, 0.6) is 5.75 Å². The minimum Gasteiger partial charge on any atom is -0.491 e. The zero-order valence-electron chi connectivity index (χ0n) is 19.3. The number of nitrogens with one attached hydrogen (secondary N) is 2. The van der Waals surface area contributed by atoms with E-state index in [0.29, 0.717) is 16.3 Å². The number of hydrogen-bond acceptors (Lipinski definition) is 8. The molecule has 0 aliphatic carbocycles. The summed E-state index contributed by atoms with van der Waals surface area (Å²) in [7, 11) is 0. The number of aromatic nitrogens is 1. The Balaban J connectivity index is 1.75. The minimum absolute atomic E-state index is 0.0589. The van der Waals surface area contributed by atoms with Crippen molar-refractivity contribution in [3.8, 4) is 5.75 Å². The molecule has 0 aliphatic rings. The van der Waals surface area contributed by atoms with E-state index in [-0.39, 0.29) is 19.1 Å². The van der Waals surface area contributed by atoms with Crippen LogP contribution >= 0.6 is 11.3 Å². The monoisotopic (exact) mass is 487 g/mol. The van der Waals surface area contributed by atoms with E-state index in [2.05, 4.69) is 15.6 Å². The van der Waals surface area contributed by atoms with E-state index in [1.54, 1.807) is 36.7 Å². The molecule has 34 heavy (non-hydrogen) atoms. The van der Waals surface area contributed by atoms with Crippen molar-refractivity contribution in [2.75, 3.05) is 25.1 Å². The highest BCUT2D eigenvalue weighted by molar-refractivity contribution is 7.22. The molecule has 2 aromatic heterocycles.